The summed E-state index contributed by atoms with van der Waals surface area (Å²) < 4.78 is 10.2. The number of hydrogen-bond acceptors (Lipinski definition) is 6. The normalized spacial score (nSPS) is 22.7. The van der Waals surface area contributed by atoms with Gasteiger partial charge in [-0.05, 0) is 18.8 Å². The molecule has 1 atom stereocenters. The van der Waals surface area contributed by atoms with E-state index in [1.165, 1.54) is 0 Å². The topological polar surface area (TPSA) is 84.8 Å². The fourth-order valence-corrected chi connectivity index (χ4v) is 3.16. The van der Waals surface area contributed by atoms with E-state index < -0.39 is 0 Å². The lowest BCUT2D eigenvalue weighted by Crippen LogP contribution is -2.55. The number of nitrogens with two attached hydrogens (primary N) is 1. The Morgan fingerprint density at radius 1 is 1.32 bits per heavy atom. The molecule has 0 bridgehead atoms. The lowest BCUT2D eigenvalue weighted by Gasteiger charge is -2.37. The molecular weight excluding hydrogens is 284 g/mol. The first-order chi connectivity index (χ1) is 10.7. The number of amides is 1. The summed E-state index contributed by atoms with van der Waals surface area (Å²) in [6.07, 6.45) is 3.36. The van der Waals surface area contributed by atoms with E-state index in [0.717, 1.165) is 64.5 Å². The van der Waals surface area contributed by atoms with Crippen molar-refractivity contribution in [3.05, 3.63) is 18.0 Å². The van der Waals surface area contributed by atoms with Crippen LogP contribution in [0.5, 0.6) is 0 Å². The maximum atomic E-state index is 12.5. The highest BCUT2D eigenvalue weighted by atomic mass is 16.5. The van der Waals surface area contributed by atoms with Gasteiger partial charge in [0.05, 0.1) is 11.7 Å². The summed E-state index contributed by atoms with van der Waals surface area (Å²) in [5.74, 6) is 0.349. The van der Waals surface area contributed by atoms with Crippen LogP contribution in [0.25, 0.3) is 0 Å². The number of carbonyl (C=O) groups is 1. The van der Waals surface area contributed by atoms with Gasteiger partial charge in [0.15, 0.2) is 0 Å². The smallest absolute Gasteiger partial charge is 0.239 e. The molecule has 3 heterocycles. The van der Waals surface area contributed by atoms with Crippen LogP contribution in [0.4, 0.5) is 0 Å². The minimum Gasteiger partial charge on any atom is -0.381 e. The van der Waals surface area contributed by atoms with Gasteiger partial charge in [-0.15, -0.1) is 0 Å². The van der Waals surface area contributed by atoms with Gasteiger partial charge < -0.3 is 19.9 Å². The zero-order valence-corrected chi connectivity index (χ0v) is 12.8. The molecule has 1 aromatic rings. The van der Waals surface area contributed by atoms with Crippen LogP contribution in [0, 0.1) is 5.92 Å². The largest absolute Gasteiger partial charge is 0.381 e. The molecule has 3 rings (SSSR count). The monoisotopic (exact) mass is 308 g/mol. The molecule has 1 amide bonds. The Labute approximate surface area is 130 Å². The molecule has 1 unspecified atom stereocenters. The average molecular weight is 308 g/mol. The number of ether oxygens (including phenoxy) is 1. The summed E-state index contributed by atoms with van der Waals surface area (Å²) in [4.78, 5) is 16.7. The van der Waals surface area contributed by atoms with E-state index in [0.29, 0.717) is 0 Å². The van der Waals surface area contributed by atoms with E-state index >= 15 is 0 Å². The van der Waals surface area contributed by atoms with Crippen molar-refractivity contribution in [1.29, 1.82) is 0 Å². The van der Waals surface area contributed by atoms with E-state index in [1.807, 2.05) is 11.0 Å². The van der Waals surface area contributed by atoms with Crippen LogP contribution < -0.4 is 5.73 Å². The summed E-state index contributed by atoms with van der Waals surface area (Å²) >= 11 is 0. The van der Waals surface area contributed by atoms with Crippen LogP contribution >= 0.6 is 0 Å². The fraction of sp³-hybridized carbons (Fsp3) is 0.733. The standard InChI is InChI=1S/C15H24N4O3/c16-14(12-1-8-21-9-2-12)15(20)19-6-4-18(5-7-19)11-13-3-10-22-17-13/h3,10,12,14H,1-2,4-9,11,16H2. The summed E-state index contributed by atoms with van der Waals surface area (Å²) in [6.45, 7) is 5.36. The molecule has 2 aliphatic heterocycles. The molecule has 2 fully saturated rings. The highest BCUT2D eigenvalue weighted by molar-refractivity contribution is 5.82. The summed E-state index contributed by atoms with van der Waals surface area (Å²) in [7, 11) is 0. The molecule has 0 aliphatic carbocycles. The quantitative estimate of drug-likeness (QED) is 0.847. The molecule has 2 aliphatic rings. The first-order valence-electron chi connectivity index (χ1n) is 7.98. The molecule has 122 valence electrons. The summed E-state index contributed by atoms with van der Waals surface area (Å²) in [5, 5.41) is 3.92. The predicted octanol–water partition coefficient (Wildman–Crippen LogP) is 0.0727. The number of carbonyl (C=O) groups excluding carboxylic acids is 1. The highest BCUT2D eigenvalue weighted by Crippen LogP contribution is 2.19. The second-order valence-electron chi connectivity index (χ2n) is 6.07. The van der Waals surface area contributed by atoms with Crippen LogP contribution in [0.2, 0.25) is 0 Å². The van der Waals surface area contributed by atoms with Crippen molar-refractivity contribution in [2.75, 3.05) is 39.4 Å². The van der Waals surface area contributed by atoms with Crippen molar-refractivity contribution < 1.29 is 14.1 Å². The summed E-state index contributed by atoms with van der Waals surface area (Å²) in [5.41, 5.74) is 7.11. The fourth-order valence-electron chi connectivity index (χ4n) is 3.16. The van der Waals surface area contributed by atoms with Crippen molar-refractivity contribution >= 4 is 5.91 Å². The minimum absolute atomic E-state index is 0.0907. The molecule has 2 saturated heterocycles. The Bertz CT molecular complexity index is 465. The third kappa shape index (κ3) is 3.66. The van der Waals surface area contributed by atoms with Crippen LogP contribution in [0.15, 0.2) is 16.9 Å². The van der Waals surface area contributed by atoms with E-state index in [2.05, 4.69) is 10.1 Å². The van der Waals surface area contributed by atoms with Gasteiger partial charge in [0.2, 0.25) is 5.91 Å². The maximum absolute atomic E-state index is 12.5. The molecule has 2 N–H and O–H groups in total. The molecule has 22 heavy (non-hydrogen) atoms. The Hall–Kier alpha value is -1.44. The Morgan fingerprint density at radius 3 is 2.68 bits per heavy atom. The zero-order chi connectivity index (χ0) is 15.4. The third-order valence-corrected chi connectivity index (χ3v) is 4.62. The number of rotatable bonds is 4. The van der Waals surface area contributed by atoms with E-state index in [4.69, 9.17) is 15.0 Å². The van der Waals surface area contributed by atoms with Gasteiger partial charge in [0, 0.05) is 52.0 Å². The number of nitrogens with zero attached hydrogens (tertiary/aromatic N) is 3. The molecule has 7 heteroatoms. The van der Waals surface area contributed by atoms with Gasteiger partial charge in [-0.2, -0.15) is 0 Å². The average Bonchev–Trinajstić information content (AvgIpc) is 3.08. The Kier molecular flexibility index (Phi) is 5.07. The number of aromatic nitrogens is 1. The van der Waals surface area contributed by atoms with Crippen molar-refractivity contribution in [1.82, 2.24) is 15.0 Å². The van der Waals surface area contributed by atoms with Gasteiger partial charge in [-0.1, -0.05) is 5.16 Å². The van der Waals surface area contributed by atoms with Crippen molar-refractivity contribution in [3.8, 4) is 0 Å². The molecule has 0 saturated carbocycles. The lowest BCUT2D eigenvalue weighted by atomic mass is 9.91. The number of piperazine rings is 1. The van der Waals surface area contributed by atoms with E-state index in [9.17, 15) is 4.79 Å². The van der Waals surface area contributed by atoms with Gasteiger partial charge in [-0.3, -0.25) is 9.69 Å². The maximum Gasteiger partial charge on any atom is 0.239 e. The van der Waals surface area contributed by atoms with Crippen LogP contribution in [0.3, 0.4) is 0 Å². The number of hydrogen-bond donors (Lipinski definition) is 1. The predicted molar refractivity (Wildman–Crippen MR) is 79.9 cm³/mol. The minimum atomic E-state index is -0.383. The Balaban J connectivity index is 1.46. The van der Waals surface area contributed by atoms with E-state index in [1.54, 1.807) is 6.26 Å². The molecule has 0 spiro atoms. The third-order valence-electron chi connectivity index (χ3n) is 4.62. The Morgan fingerprint density at radius 2 is 2.05 bits per heavy atom. The molecule has 7 nitrogen and oxygen atoms in total. The van der Waals surface area contributed by atoms with Gasteiger partial charge in [-0.25, -0.2) is 0 Å². The van der Waals surface area contributed by atoms with Crippen LogP contribution in [-0.2, 0) is 16.1 Å². The zero-order valence-electron chi connectivity index (χ0n) is 12.8. The first-order valence-corrected chi connectivity index (χ1v) is 7.98. The molecular formula is C15H24N4O3. The van der Waals surface area contributed by atoms with Crippen molar-refractivity contribution in [2.45, 2.75) is 25.4 Å². The van der Waals surface area contributed by atoms with Crippen molar-refractivity contribution in [3.63, 3.8) is 0 Å². The van der Waals surface area contributed by atoms with Gasteiger partial charge in [0.25, 0.3) is 0 Å². The summed E-state index contributed by atoms with van der Waals surface area (Å²) in [6, 6.07) is 1.49. The molecule has 0 aromatic carbocycles. The van der Waals surface area contributed by atoms with Crippen molar-refractivity contribution in [2.24, 2.45) is 11.7 Å². The second kappa shape index (κ2) is 7.21. The van der Waals surface area contributed by atoms with E-state index in [-0.39, 0.29) is 17.9 Å². The second-order valence-corrected chi connectivity index (χ2v) is 6.07. The highest BCUT2D eigenvalue weighted by Gasteiger charge is 2.31. The molecule has 1 aromatic heterocycles. The van der Waals surface area contributed by atoms with Gasteiger partial charge >= 0.3 is 0 Å². The SMILES string of the molecule is NC(C(=O)N1CCN(Cc2ccon2)CC1)C1CCOCC1. The first kappa shape index (κ1) is 15.5. The van der Waals surface area contributed by atoms with Crippen LogP contribution in [-0.4, -0.2) is 66.3 Å². The van der Waals surface area contributed by atoms with Crippen LogP contribution in [0.1, 0.15) is 18.5 Å². The lowest BCUT2D eigenvalue weighted by molar-refractivity contribution is -0.136. The molecule has 0 radical (unpaired) electrons. The van der Waals surface area contributed by atoms with Gasteiger partial charge in [0.1, 0.15) is 6.26 Å².